The average Bonchev–Trinajstić information content (AvgIpc) is 3.17. The van der Waals surface area contributed by atoms with E-state index in [1.54, 1.807) is 18.2 Å². The molecule has 0 saturated carbocycles. The maximum absolute atomic E-state index is 13.1. The van der Waals surface area contributed by atoms with E-state index in [0.717, 1.165) is 24.0 Å². The molecule has 0 amide bonds. The van der Waals surface area contributed by atoms with Crippen LogP contribution in [0.2, 0.25) is 0 Å². The van der Waals surface area contributed by atoms with E-state index < -0.39 is 12.4 Å². The minimum Gasteiger partial charge on any atom is -0.482 e. The molecule has 0 aromatic heterocycles. The van der Waals surface area contributed by atoms with Crippen LogP contribution < -0.4 is 4.74 Å². The van der Waals surface area contributed by atoms with Crippen LogP contribution in [0.5, 0.6) is 5.75 Å². The molecule has 1 aromatic carbocycles. The van der Waals surface area contributed by atoms with E-state index >= 15 is 0 Å². The fourth-order valence-electron chi connectivity index (χ4n) is 3.89. The number of rotatable bonds is 14. The Kier molecular flexibility index (Phi) is 16.7. The minimum absolute atomic E-state index is 0.157. The summed E-state index contributed by atoms with van der Waals surface area (Å²) < 4.78 is 12.4. The second-order valence-electron chi connectivity index (χ2n) is 9.06. The summed E-state index contributed by atoms with van der Waals surface area (Å²) in [7, 11) is 0. The number of hydrogen-bond acceptors (Lipinski definition) is 5. The Balaban J connectivity index is 0.00000391. The number of aliphatic hydroxyl groups is 2. The van der Waals surface area contributed by atoms with Gasteiger partial charge in [-0.3, -0.25) is 4.79 Å². The molecule has 0 spiro atoms. The lowest BCUT2D eigenvalue weighted by atomic mass is 10.0. The van der Waals surface area contributed by atoms with E-state index in [1.807, 2.05) is 95.3 Å². The van der Waals surface area contributed by atoms with Crippen molar-refractivity contribution in [2.45, 2.75) is 79.1 Å². The number of carbonyl (C=O) groups is 1. The fourth-order valence-corrected chi connectivity index (χ4v) is 3.89. The van der Waals surface area contributed by atoms with Crippen LogP contribution in [-0.2, 0) is 16.0 Å². The number of hydrogen-bond donors (Lipinski definition) is 2. The van der Waals surface area contributed by atoms with Gasteiger partial charge in [0.05, 0.1) is 5.57 Å². The first-order valence-corrected chi connectivity index (χ1v) is 14.0. The predicted molar refractivity (Wildman–Crippen MR) is 166 cm³/mol. The second kappa shape index (κ2) is 19.4. The van der Waals surface area contributed by atoms with Crippen LogP contribution in [0.15, 0.2) is 115 Å². The molecule has 2 N–H and O–H groups in total. The zero-order chi connectivity index (χ0) is 29.9. The largest absolute Gasteiger partial charge is 0.482 e. The van der Waals surface area contributed by atoms with E-state index in [2.05, 4.69) is 13.2 Å². The van der Waals surface area contributed by atoms with Crippen molar-refractivity contribution in [2.75, 3.05) is 0 Å². The van der Waals surface area contributed by atoms with Gasteiger partial charge in [-0.25, -0.2) is 0 Å². The first-order valence-electron chi connectivity index (χ1n) is 14.0. The summed E-state index contributed by atoms with van der Waals surface area (Å²) in [4.78, 5) is 13.1. The molecule has 0 heterocycles. The number of aryl methyl sites for hydroxylation is 2. The van der Waals surface area contributed by atoms with Gasteiger partial charge in [0.15, 0.2) is 12.1 Å². The van der Waals surface area contributed by atoms with Crippen LogP contribution >= 0.6 is 0 Å². The molecule has 216 valence electrons. The molecule has 1 aliphatic carbocycles. The van der Waals surface area contributed by atoms with Crippen molar-refractivity contribution >= 4 is 5.78 Å². The van der Waals surface area contributed by atoms with E-state index in [0.29, 0.717) is 41.3 Å². The van der Waals surface area contributed by atoms with Gasteiger partial charge in [0.25, 0.3) is 0 Å². The molecule has 0 radical (unpaired) electrons. The highest BCUT2D eigenvalue weighted by atomic mass is 16.5. The topological polar surface area (TPSA) is 76.0 Å². The van der Waals surface area contributed by atoms with Gasteiger partial charge in [0, 0.05) is 18.4 Å². The van der Waals surface area contributed by atoms with E-state index in [4.69, 9.17) is 19.7 Å². The lowest BCUT2D eigenvalue weighted by Gasteiger charge is -2.17. The Morgan fingerprint density at radius 2 is 1.93 bits per heavy atom. The summed E-state index contributed by atoms with van der Waals surface area (Å²) in [6, 6.07) is 5.74. The van der Waals surface area contributed by atoms with Crippen molar-refractivity contribution in [1.29, 1.82) is 0 Å². The Hall–Kier alpha value is -3.67. The normalized spacial score (nSPS) is 14.8. The summed E-state index contributed by atoms with van der Waals surface area (Å²) in [5.74, 6) is 1.75. The van der Waals surface area contributed by atoms with Gasteiger partial charge in [0.1, 0.15) is 23.4 Å². The monoisotopic (exact) mass is 546 g/mol. The molecule has 5 heteroatoms. The molecule has 0 fully saturated rings. The van der Waals surface area contributed by atoms with Crippen LogP contribution in [0.4, 0.5) is 0 Å². The lowest BCUT2D eigenvalue weighted by Crippen LogP contribution is -2.13. The van der Waals surface area contributed by atoms with Crippen LogP contribution in [-0.4, -0.2) is 28.4 Å². The zero-order valence-electron chi connectivity index (χ0n) is 24.7. The first-order chi connectivity index (χ1) is 19.2. The third kappa shape index (κ3) is 12.5. The highest BCUT2D eigenvalue weighted by Gasteiger charge is 2.19. The second-order valence-corrected chi connectivity index (χ2v) is 9.06. The maximum Gasteiger partial charge on any atom is 0.195 e. The van der Waals surface area contributed by atoms with E-state index in [-0.39, 0.29) is 12.2 Å². The van der Waals surface area contributed by atoms with Crippen LogP contribution in [0.25, 0.3) is 0 Å². The van der Waals surface area contributed by atoms with Crippen molar-refractivity contribution in [1.82, 2.24) is 0 Å². The van der Waals surface area contributed by atoms with Crippen LogP contribution in [0.3, 0.4) is 0 Å². The Morgan fingerprint density at radius 1 is 1.18 bits per heavy atom. The molecule has 1 unspecified atom stereocenters. The summed E-state index contributed by atoms with van der Waals surface area (Å²) in [5, 5.41) is 18.3. The van der Waals surface area contributed by atoms with Crippen molar-refractivity contribution in [3.63, 3.8) is 0 Å². The molecular formula is C35H46O5. The maximum atomic E-state index is 13.1. The molecule has 1 atom stereocenters. The molecule has 1 aliphatic rings. The number of Topliss-reactive ketones (excluding diaryl/α,β-unsaturated/α-hetero) is 1. The van der Waals surface area contributed by atoms with Crippen LogP contribution in [0, 0.1) is 6.92 Å². The molecule has 0 aliphatic heterocycles. The fraction of sp³-hybridized carbons (Fsp3) is 0.343. The number of carbonyl (C=O) groups excluding carboxylic acids is 1. The average molecular weight is 547 g/mol. The quantitative estimate of drug-likeness (QED) is 0.107. The highest BCUT2D eigenvalue weighted by molar-refractivity contribution is 6.11. The standard InChI is InChI=1S/C33H40O5.C2H6/c1-6-8-11-14-24(3)33(36)30-16-12-10-13-17-31(30)37-26(5)23-28(15-9-7-2)38-29-20-18-27(25(4)22-29)19-21-32(34)35;1-2/h6-9,11-12,14-16,18,20,22-23,28,32,34-35H,2-3,10,13,17,19,21H2,1,4-5H3;1-2H3/b8-6-,14-11-,15-9?,26-23+;. The SMILES string of the molecule is C=CC=CC(/C=C(\C)OC1=C(C(=O)C(=C)/C=C\C=C/C)C=CCCC1)Oc1ccc(CCC(O)O)c(C)c1.CC. The van der Waals surface area contributed by atoms with Gasteiger partial charge >= 0.3 is 0 Å². The molecule has 0 saturated heterocycles. The van der Waals surface area contributed by atoms with E-state index in [1.165, 1.54) is 0 Å². The van der Waals surface area contributed by atoms with Crippen molar-refractivity contribution in [2.24, 2.45) is 0 Å². The molecular weight excluding hydrogens is 500 g/mol. The Labute approximate surface area is 240 Å². The third-order valence-electron chi connectivity index (χ3n) is 5.87. The van der Waals surface area contributed by atoms with Crippen molar-refractivity contribution in [3.8, 4) is 5.75 Å². The van der Waals surface area contributed by atoms with Gasteiger partial charge in [-0.15, -0.1) is 0 Å². The zero-order valence-corrected chi connectivity index (χ0v) is 24.7. The molecule has 2 rings (SSSR count). The number of benzene rings is 1. The third-order valence-corrected chi connectivity index (χ3v) is 5.87. The summed E-state index contributed by atoms with van der Waals surface area (Å²) in [5.41, 5.74) is 2.96. The smallest absolute Gasteiger partial charge is 0.195 e. The highest BCUT2D eigenvalue weighted by Crippen LogP contribution is 2.26. The number of ether oxygens (including phenoxy) is 2. The Morgan fingerprint density at radius 3 is 2.58 bits per heavy atom. The number of ketones is 1. The Bertz CT molecular complexity index is 1160. The number of aliphatic hydroxyl groups excluding tert-OH is 1. The van der Waals surface area contributed by atoms with Gasteiger partial charge in [-0.1, -0.05) is 81.7 Å². The van der Waals surface area contributed by atoms with Gasteiger partial charge in [0.2, 0.25) is 0 Å². The van der Waals surface area contributed by atoms with Crippen LogP contribution in [0.1, 0.15) is 64.5 Å². The van der Waals surface area contributed by atoms with Crippen molar-refractivity contribution in [3.05, 3.63) is 126 Å². The molecule has 1 aromatic rings. The van der Waals surface area contributed by atoms with Gasteiger partial charge in [-0.2, -0.15) is 0 Å². The van der Waals surface area contributed by atoms with Crippen molar-refractivity contribution < 1.29 is 24.5 Å². The summed E-state index contributed by atoms with van der Waals surface area (Å²) >= 11 is 0. The summed E-state index contributed by atoms with van der Waals surface area (Å²) in [6.45, 7) is 17.4. The lowest BCUT2D eigenvalue weighted by molar-refractivity contribution is -0.111. The van der Waals surface area contributed by atoms with E-state index in [9.17, 15) is 4.79 Å². The first kappa shape index (κ1) is 34.4. The summed E-state index contributed by atoms with van der Waals surface area (Å²) in [6.07, 6.45) is 19.8. The predicted octanol–water partition coefficient (Wildman–Crippen LogP) is 7.93. The van der Waals surface area contributed by atoms with Gasteiger partial charge < -0.3 is 19.7 Å². The molecule has 5 nitrogen and oxygen atoms in total. The molecule has 0 bridgehead atoms. The number of allylic oxidation sites excluding steroid dienone is 12. The minimum atomic E-state index is -1.32. The molecule has 40 heavy (non-hydrogen) atoms. The van der Waals surface area contributed by atoms with Gasteiger partial charge in [-0.05, 0) is 75.4 Å².